The molecule has 0 aliphatic heterocycles. The maximum Gasteiger partial charge on any atom is 0.237 e. The van der Waals surface area contributed by atoms with E-state index in [2.05, 4.69) is 46.6 Å². The van der Waals surface area contributed by atoms with Crippen LogP contribution in [0.4, 0.5) is 0 Å². The second kappa shape index (κ2) is 74.1. The van der Waals surface area contributed by atoms with Crippen LogP contribution in [0.5, 0.6) is 0 Å². The van der Waals surface area contributed by atoms with E-state index in [0.717, 1.165) is 90.4 Å². The predicted molar refractivity (Wildman–Crippen MR) is 481 cm³/mol. The maximum atomic E-state index is 13.1. The average molecular weight is 1710 g/mol. The predicted octanol–water partition coefficient (Wildman–Crippen LogP) is -0.963. The maximum absolute atomic E-state index is 13.1. The van der Waals surface area contributed by atoms with E-state index in [4.69, 9.17) is 68.8 Å². The van der Waals surface area contributed by atoms with Crippen LogP contribution in [0.25, 0.3) is 0 Å². The average Bonchev–Trinajstić information content (AvgIpc) is 0.858. The van der Waals surface area contributed by atoms with E-state index < -0.39 is 34.4 Å². The van der Waals surface area contributed by atoms with Gasteiger partial charge in [0, 0.05) is 140 Å². The molecule has 0 rings (SSSR count). The van der Waals surface area contributed by atoms with E-state index in [-0.39, 0.29) is 109 Å². The van der Waals surface area contributed by atoms with Gasteiger partial charge in [0.05, 0.1) is 37.8 Å². The molecule has 0 fully saturated rings. The fourth-order valence-corrected chi connectivity index (χ4v) is 12.1. The molecule has 0 heterocycles. The van der Waals surface area contributed by atoms with Crippen LogP contribution in [0.1, 0.15) is 236 Å². The van der Waals surface area contributed by atoms with Gasteiger partial charge in [-0.2, -0.15) is 0 Å². The van der Waals surface area contributed by atoms with E-state index in [0.29, 0.717) is 241 Å². The van der Waals surface area contributed by atoms with Crippen LogP contribution in [0.2, 0.25) is 0 Å². The van der Waals surface area contributed by atoms with Gasteiger partial charge < -0.3 is 115 Å². The van der Waals surface area contributed by atoms with E-state index >= 15 is 0 Å². The number of ketones is 3. The van der Waals surface area contributed by atoms with Crippen LogP contribution in [0.15, 0.2) is 0 Å². The summed E-state index contributed by atoms with van der Waals surface area (Å²) < 4.78 is 0. The molecule has 36 heteroatoms. The lowest BCUT2D eigenvalue weighted by Crippen LogP contribution is -2.51. The normalized spacial score (nSPS) is 12.3. The Balaban J connectivity index is -0.00000176. The number of nitrogens with two attached hydrogens (primary N) is 12. The lowest BCUT2D eigenvalue weighted by Gasteiger charge is -2.26. The summed E-state index contributed by atoms with van der Waals surface area (Å²) in [6.07, 6.45) is 15.3. The van der Waals surface area contributed by atoms with Gasteiger partial charge in [-0.1, -0.05) is 75.2 Å². The summed E-state index contributed by atoms with van der Waals surface area (Å²) in [5.41, 5.74) is 66.0. The van der Waals surface area contributed by atoms with E-state index in [1.54, 1.807) is 14.7 Å². The van der Waals surface area contributed by atoms with Gasteiger partial charge in [0.15, 0.2) is 11.6 Å². The quantitative estimate of drug-likeness (QED) is 0.0326. The molecule has 702 valence electrons. The standard InChI is InChI=1S/C34H67N9O6.C28H61N9O3.C22H46N6O3/c1-34(2,3)28(44)10-13-31(47)43(26-8-20-39-29(45)11-14-32(48)41(22-4-16-35)23-5-17-36)27-9-21-40-30(46)12-15-33(49)42(24-6-18-37)25-7-19-38;1-28(2,3)25(38)22-35(20-8-14-33-26(39)23-36(16-4-10-29)17-5-11-30)21-9-15-34-27(40)24-37(18-6-12-31)19-7-13-32;1-22(2,3)19(29)18(28-21(31)17(26)11-5-8-14-24)12-6-9-15-27-20(30)16(25)10-4-7-13-23/h4-27,35-38H2,1-3H3,(H,39,45)(H,40,46);4-24,29-32H2,1-3H3,(H,33,39)(H,34,40);16-18H,4-15,23-26H2,1-3H3,(H,27,30)(H,28,31). The molecule has 120 heavy (non-hydrogen) atoms. The molecule has 0 radical (unpaired) electrons. The van der Waals surface area contributed by atoms with Crippen molar-refractivity contribution in [2.75, 3.05) is 196 Å². The molecule has 3 atom stereocenters. The summed E-state index contributed by atoms with van der Waals surface area (Å²) in [7, 11) is 0. The van der Waals surface area contributed by atoms with Crippen molar-refractivity contribution in [3.63, 3.8) is 0 Å². The summed E-state index contributed by atoms with van der Waals surface area (Å²) in [5, 5.41) is 17.3. The molecule has 3 unspecified atom stereocenters. The minimum absolute atomic E-state index is 0.00124. The van der Waals surface area contributed by atoms with E-state index in [1.165, 1.54) is 0 Å². The third kappa shape index (κ3) is 65.3. The fraction of sp³-hybridized carbons (Fsp3) is 0.857. The summed E-state index contributed by atoms with van der Waals surface area (Å²) in [4.78, 5) is 162. The summed E-state index contributed by atoms with van der Waals surface area (Å²) in [6, 6.07) is -1.77. The smallest absolute Gasteiger partial charge is 0.237 e. The highest BCUT2D eigenvalue weighted by Crippen LogP contribution is 2.21. The zero-order valence-electron chi connectivity index (χ0n) is 76.0. The Hall–Kier alpha value is -6.36. The van der Waals surface area contributed by atoms with Gasteiger partial charge >= 0.3 is 0 Å². The highest BCUT2D eigenvalue weighted by Gasteiger charge is 2.32. The first-order valence-electron chi connectivity index (χ1n) is 44.7. The fourth-order valence-electron chi connectivity index (χ4n) is 12.1. The van der Waals surface area contributed by atoms with Gasteiger partial charge in [-0.25, -0.2) is 0 Å². The van der Waals surface area contributed by atoms with Crippen molar-refractivity contribution < 1.29 is 57.5 Å². The second-order valence-corrected chi connectivity index (χ2v) is 34.0. The van der Waals surface area contributed by atoms with Crippen LogP contribution in [0.3, 0.4) is 0 Å². The van der Waals surface area contributed by atoms with Gasteiger partial charge in [0.1, 0.15) is 5.78 Å². The van der Waals surface area contributed by atoms with Crippen LogP contribution in [-0.2, 0) is 57.5 Å². The Morgan fingerprint density at radius 2 is 0.542 bits per heavy atom. The molecule has 9 amide bonds. The first kappa shape index (κ1) is 118. The number of rotatable bonds is 72. The molecule has 0 aromatic rings. The largest absolute Gasteiger partial charge is 0.356 e. The Bertz CT molecular complexity index is 2630. The number of nitrogens with zero attached hydrogens (tertiary/aromatic N) is 6. The lowest BCUT2D eigenvalue weighted by atomic mass is 9.84. The zero-order valence-corrected chi connectivity index (χ0v) is 76.0. The monoisotopic (exact) mass is 1710 g/mol. The van der Waals surface area contributed by atoms with Crippen molar-refractivity contribution in [1.82, 2.24) is 61.3 Å². The van der Waals surface area contributed by atoms with Crippen molar-refractivity contribution in [3.05, 3.63) is 0 Å². The first-order valence-corrected chi connectivity index (χ1v) is 44.7. The lowest BCUT2D eigenvalue weighted by molar-refractivity contribution is -0.135. The van der Waals surface area contributed by atoms with Crippen molar-refractivity contribution in [2.24, 2.45) is 85.0 Å². The highest BCUT2D eigenvalue weighted by molar-refractivity contribution is 5.94. The minimum atomic E-state index is -0.651. The SMILES string of the molecule is CC(C)(C)C(=O)C(CCCCNC(=O)C(N)CCCCN)NC(=O)C(N)CCCCN.CC(C)(C)C(=O)CCC(=O)N(CCCNC(=O)CCC(=O)N(CCCN)CCCN)CCCNC(=O)CCC(=O)N(CCCN)CCCN.CC(C)(C)C(=O)CN(CCCNC(=O)CN(CCCN)CCCN)CCCNC(=O)CN(CCCN)CCCN. The molecular formula is C84H174N24O12. The summed E-state index contributed by atoms with van der Waals surface area (Å²) in [6.45, 7) is 32.7. The summed E-state index contributed by atoms with van der Waals surface area (Å²) >= 11 is 0. The molecule has 0 aromatic heterocycles. The van der Waals surface area contributed by atoms with Gasteiger partial charge in [-0.15, -0.1) is 0 Å². The number of carbonyl (C=O) groups excluding carboxylic acids is 12. The molecule has 0 aliphatic rings. The van der Waals surface area contributed by atoms with Crippen molar-refractivity contribution in [1.29, 1.82) is 0 Å². The molecule has 30 N–H and O–H groups in total. The Labute approximate surface area is 721 Å². The minimum Gasteiger partial charge on any atom is -0.356 e. The number of unbranched alkanes of at least 4 members (excludes halogenated alkanes) is 3. The Morgan fingerprint density at radius 1 is 0.267 bits per heavy atom. The van der Waals surface area contributed by atoms with Crippen LogP contribution in [-0.4, -0.2) is 314 Å². The van der Waals surface area contributed by atoms with Gasteiger partial charge in [0.25, 0.3) is 0 Å². The number of nitrogens with one attached hydrogen (secondary N) is 6. The van der Waals surface area contributed by atoms with Crippen LogP contribution in [0, 0.1) is 16.2 Å². The molecule has 36 nitrogen and oxygen atoms in total. The van der Waals surface area contributed by atoms with Crippen LogP contribution >= 0.6 is 0 Å². The molecule has 0 bridgehead atoms. The topological polar surface area (TPSA) is 609 Å². The molecule has 0 spiro atoms. The van der Waals surface area contributed by atoms with Gasteiger partial charge in [-0.05, 0) is 214 Å². The number of Topliss-reactive ketones (excluding diaryl/α,β-unsaturated/α-hetero) is 3. The molecule has 0 aliphatic carbocycles. The van der Waals surface area contributed by atoms with Crippen molar-refractivity contribution >= 4 is 70.5 Å². The Kier molecular flexibility index (Phi) is 72.7. The Morgan fingerprint density at radius 3 is 0.875 bits per heavy atom. The van der Waals surface area contributed by atoms with Crippen molar-refractivity contribution in [2.45, 2.75) is 254 Å². The highest BCUT2D eigenvalue weighted by atomic mass is 16.2. The molecular weight excluding hydrogens is 1540 g/mol. The van der Waals surface area contributed by atoms with Crippen LogP contribution < -0.4 is 101 Å². The zero-order chi connectivity index (χ0) is 91.2. The number of amides is 9. The van der Waals surface area contributed by atoms with Gasteiger partial charge in [-0.3, -0.25) is 72.2 Å². The third-order valence-corrected chi connectivity index (χ3v) is 19.8. The number of carbonyl (C=O) groups is 12. The first-order chi connectivity index (χ1) is 56.9. The van der Waals surface area contributed by atoms with Gasteiger partial charge in [0.2, 0.25) is 53.2 Å². The van der Waals surface area contributed by atoms with E-state index in [1.807, 2.05) is 62.3 Å². The third-order valence-electron chi connectivity index (χ3n) is 19.8. The number of hydrogen-bond acceptors (Lipinski definition) is 27. The van der Waals surface area contributed by atoms with E-state index in [9.17, 15) is 57.5 Å². The number of hydrogen-bond donors (Lipinski definition) is 18. The molecule has 0 aromatic carbocycles. The molecule has 0 saturated carbocycles. The second-order valence-electron chi connectivity index (χ2n) is 34.0. The molecule has 0 saturated heterocycles. The summed E-state index contributed by atoms with van der Waals surface area (Å²) in [5.74, 6) is -1.24. The van der Waals surface area contributed by atoms with Crippen molar-refractivity contribution in [3.8, 4) is 0 Å².